The van der Waals surface area contributed by atoms with E-state index in [1.54, 1.807) is 6.92 Å². The molecule has 1 amide bonds. The maximum Gasteiger partial charge on any atom is 0.257 e. The van der Waals surface area contributed by atoms with E-state index in [2.05, 4.69) is 22.6 Å². The zero-order valence-electron chi connectivity index (χ0n) is 15.5. The van der Waals surface area contributed by atoms with E-state index >= 15 is 0 Å². The molecule has 0 unspecified atom stereocenters. The van der Waals surface area contributed by atoms with Gasteiger partial charge in [0.05, 0.1) is 5.69 Å². The van der Waals surface area contributed by atoms with Crippen LogP contribution in [0.2, 0.25) is 0 Å². The van der Waals surface area contributed by atoms with Gasteiger partial charge in [-0.05, 0) is 44.7 Å². The lowest BCUT2D eigenvalue weighted by Gasteiger charge is -2.14. The fourth-order valence-electron chi connectivity index (χ4n) is 3.04. The Morgan fingerprint density at radius 3 is 2.50 bits per heavy atom. The van der Waals surface area contributed by atoms with E-state index in [4.69, 9.17) is 4.52 Å². The summed E-state index contributed by atoms with van der Waals surface area (Å²) in [5, 5.41) is 7.10. The summed E-state index contributed by atoms with van der Waals surface area (Å²) in [6.45, 7) is 5.82. The van der Waals surface area contributed by atoms with Gasteiger partial charge in [0.2, 0.25) is 0 Å². The molecular formula is C22H24N2O2. The van der Waals surface area contributed by atoms with E-state index < -0.39 is 0 Å². The van der Waals surface area contributed by atoms with Crippen LogP contribution in [0.3, 0.4) is 0 Å². The summed E-state index contributed by atoms with van der Waals surface area (Å²) in [4.78, 5) is 12.8. The first-order valence-electron chi connectivity index (χ1n) is 8.93. The van der Waals surface area contributed by atoms with Crippen molar-refractivity contribution >= 4 is 5.91 Å². The summed E-state index contributed by atoms with van der Waals surface area (Å²) in [6.07, 6.45) is 1.80. The summed E-state index contributed by atoms with van der Waals surface area (Å²) in [5.41, 5.74) is 4.35. The van der Waals surface area contributed by atoms with Crippen molar-refractivity contribution in [2.45, 2.75) is 39.7 Å². The van der Waals surface area contributed by atoms with E-state index in [1.807, 2.05) is 56.3 Å². The molecule has 0 saturated heterocycles. The largest absolute Gasteiger partial charge is 0.355 e. The number of nitrogens with one attached hydrogen (secondary N) is 1. The normalized spacial score (nSPS) is 12.0. The molecule has 0 fully saturated rings. The predicted octanol–water partition coefficient (Wildman–Crippen LogP) is 4.71. The molecule has 0 aliphatic heterocycles. The van der Waals surface area contributed by atoms with Gasteiger partial charge in [-0.2, -0.15) is 0 Å². The molecule has 1 aromatic heterocycles. The van der Waals surface area contributed by atoms with Crippen LogP contribution in [0.1, 0.15) is 40.5 Å². The number of benzene rings is 2. The standard InChI is InChI=1S/C22H24N2O2/c1-15-9-7-8-12-19(15)21-20(17(3)24-26-21)22(25)23-16(2)13-14-18-10-5-4-6-11-18/h4-12,16H,13-14H2,1-3H3,(H,23,25)/t16-/m0/s1. The van der Waals surface area contributed by atoms with E-state index in [9.17, 15) is 4.79 Å². The van der Waals surface area contributed by atoms with Crippen molar-refractivity contribution in [2.24, 2.45) is 0 Å². The van der Waals surface area contributed by atoms with Crippen LogP contribution in [0.25, 0.3) is 11.3 Å². The van der Waals surface area contributed by atoms with Gasteiger partial charge in [-0.3, -0.25) is 4.79 Å². The lowest BCUT2D eigenvalue weighted by molar-refractivity contribution is 0.0938. The van der Waals surface area contributed by atoms with Crippen molar-refractivity contribution in [3.05, 3.63) is 77.0 Å². The zero-order chi connectivity index (χ0) is 18.5. The molecule has 0 spiro atoms. The molecule has 1 heterocycles. The number of hydrogen-bond acceptors (Lipinski definition) is 3. The second-order valence-corrected chi connectivity index (χ2v) is 6.69. The Morgan fingerprint density at radius 1 is 1.08 bits per heavy atom. The molecular weight excluding hydrogens is 324 g/mol. The van der Waals surface area contributed by atoms with Gasteiger partial charge in [-0.15, -0.1) is 0 Å². The van der Waals surface area contributed by atoms with Crippen LogP contribution in [0.5, 0.6) is 0 Å². The second kappa shape index (κ2) is 8.00. The zero-order valence-corrected chi connectivity index (χ0v) is 15.5. The number of carbonyl (C=O) groups excluding carboxylic acids is 1. The first-order chi connectivity index (χ1) is 12.6. The third-order valence-corrected chi connectivity index (χ3v) is 4.57. The third kappa shape index (κ3) is 4.02. The number of aromatic nitrogens is 1. The number of carbonyl (C=O) groups is 1. The molecule has 0 saturated carbocycles. The monoisotopic (exact) mass is 348 g/mol. The molecule has 4 nitrogen and oxygen atoms in total. The Labute approximate surface area is 154 Å². The van der Waals surface area contributed by atoms with Crippen molar-refractivity contribution in [3.63, 3.8) is 0 Å². The number of nitrogens with zero attached hydrogens (tertiary/aromatic N) is 1. The van der Waals surface area contributed by atoms with Gasteiger partial charge < -0.3 is 9.84 Å². The Bertz CT molecular complexity index is 884. The highest BCUT2D eigenvalue weighted by molar-refractivity contribution is 6.00. The summed E-state index contributed by atoms with van der Waals surface area (Å²) >= 11 is 0. The topological polar surface area (TPSA) is 55.1 Å². The quantitative estimate of drug-likeness (QED) is 0.702. The first kappa shape index (κ1) is 17.9. The van der Waals surface area contributed by atoms with Crippen LogP contribution in [0, 0.1) is 13.8 Å². The summed E-state index contributed by atoms with van der Waals surface area (Å²) in [6, 6.07) is 18.2. The minimum Gasteiger partial charge on any atom is -0.355 e. The molecule has 3 rings (SSSR count). The minimum atomic E-state index is -0.137. The Hall–Kier alpha value is -2.88. The highest BCUT2D eigenvalue weighted by Gasteiger charge is 2.23. The van der Waals surface area contributed by atoms with Crippen molar-refractivity contribution in [1.29, 1.82) is 0 Å². The van der Waals surface area contributed by atoms with Crippen LogP contribution in [0.4, 0.5) is 0 Å². The summed E-state index contributed by atoms with van der Waals surface area (Å²) in [7, 11) is 0. The van der Waals surface area contributed by atoms with Crippen LogP contribution >= 0.6 is 0 Å². The van der Waals surface area contributed by atoms with Gasteiger partial charge in [-0.1, -0.05) is 59.8 Å². The first-order valence-corrected chi connectivity index (χ1v) is 8.93. The molecule has 26 heavy (non-hydrogen) atoms. The molecule has 0 aliphatic carbocycles. The van der Waals surface area contributed by atoms with Crippen LogP contribution in [0.15, 0.2) is 59.1 Å². The van der Waals surface area contributed by atoms with Crippen LogP contribution < -0.4 is 5.32 Å². The molecule has 0 radical (unpaired) electrons. The van der Waals surface area contributed by atoms with Crippen molar-refractivity contribution in [2.75, 3.05) is 0 Å². The Kier molecular flexibility index (Phi) is 5.52. The summed E-state index contributed by atoms with van der Waals surface area (Å²) in [5.74, 6) is 0.399. The minimum absolute atomic E-state index is 0.0572. The van der Waals surface area contributed by atoms with Crippen molar-refractivity contribution in [1.82, 2.24) is 10.5 Å². The molecule has 1 atom stereocenters. The van der Waals surface area contributed by atoms with Crippen LogP contribution in [-0.4, -0.2) is 17.1 Å². The number of rotatable bonds is 6. The predicted molar refractivity (Wildman–Crippen MR) is 103 cm³/mol. The Morgan fingerprint density at radius 2 is 1.77 bits per heavy atom. The molecule has 2 aromatic carbocycles. The van der Waals surface area contributed by atoms with Gasteiger partial charge >= 0.3 is 0 Å². The second-order valence-electron chi connectivity index (χ2n) is 6.69. The van der Waals surface area contributed by atoms with E-state index in [1.165, 1.54) is 5.56 Å². The summed E-state index contributed by atoms with van der Waals surface area (Å²) < 4.78 is 5.48. The molecule has 1 N–H and O–H groups in total. The van der Waals surface area contributed by atoms with Crippen molar-refractivity contribution < 1.29 is 9.32 Å². The van der Waals surface area contributed by atoms with Gasteiger partial charge in [0.25, 0.3) is 5.91 Å². The molecule has 3 aromatic rings. The maximum absolute atomic E-state index is 12.8. The smallest absolute Gasteiger partial charge is 0.257 e. The maximum atomic E-state index is 12.8. The average molecular weight is 348 g/mol. The lowest BCUT2D eigenvalue weighted by atomic mass is 10.0. The molecule has 0 aliphatic rings. The van der Waals surface area contributed by atoms with Gasteiger partial charge in [0.1, 0.15) is 5.56 Å². The highest BCUT2D eigenvalue weighted by Crippen LogP contribution is 2.28. The SMILES string of the molecule is Cc1ccccc1-c1onc(C)c1C(=O)N[C@@H](C)CCc1ccccc1. The van der Waals surface area contributed by atoms with Gasteiger partial charge in [-0.25, -0.2) is 0 Å². The molecule has 134 valence electrons. The van der Waals surface area contributed by atoms with Gasteiger partial charge in [0.15, 0.2) is 5.76 Å². The molecule has 0 bridgehead atoms. The van der Waals surface area contributed by atoms with Crippen LogP contribution in [-0.2, 0) is 6.42 Å². The molecule has 4 heteroatoms. The fourth-order valence-corrected chi connectivity index (χ4v) is 3.04. The van der Waals surface area contributed by atoms with E-state index in [-0.39, 0.29) is 11.9 Å². The van der Waals surface area contributed by atoms with E-state index in [0.29, 0.717) is 17.0 Å². The third-order valence-electron chi connectivity index (χ3n) is 4.57. The number of aryl methyl sites for hydroxylation is 3. The highest BCUT2D eigenvalue weighted by atomic mass is 16.5. The van der Waals surface area contributed by atoms with E-state index in [0.717, 1.165) is 24.0 Å². The Balaban J connectivity index is 1.72. The number of amides is 1. The lowest BCUT2D eigenvalue weighted by Crippen LogP contribution is -2.33. The van der Waals surface area contributed by atoms with Gasteiger partial charge in [0, 0.05) is 11.6 Å². The number of hydrogen-bond donors (Lipinski definition) is 1. The average Bonchev–Trinajstić information content (AvgIpc) is 3.02. The fraction of sp³-hybridized carbons (Fsp3) is 0.273. The van der Waals surface area contributed by atoms with Crippen molar-refractivity contribution in [3.8, 4) is 11.3 Å².